The van der Waals surface area contributed by atoms with Crippen molar-refractivity contribution in [2.75, 3.05) is 6.54 Å². The molecule has 0 spiro atoms. The van der Waals surface area contributed by atoms with Crippen LogP contribution in [0.2, 0.25) is 0 Å². The highest BCUT2D eigenvalue weighted by Crippen LogP contribution is 2.21. The lowest BCUT2D eigenvalue weighted by molar-refractivity contribution is 0.0698. The molecule has 1 atom stereocenters. The summed E-state index contributed by atoms with van der Waals surface area (Å²) in [7, 11) is -3.82. The van der Waals surface area contributed by atoms with Gasteiger partial charge in [-0.15, -0.1) is 11.3 Å². The van der Waals surface area contributed by atoms with Gasteiger partial charge in [0.1, 0.15) is 9.77 Å². The van der Waals surface area contributed by atoms with E-state index in [0.29, 0.717) is 0 Å². The molecule has 0 radical (unpaired) electrons. The molecule has 0 aliphatic heterocycles. The topological polar surface area (TPSA) is 104 Å². The van der Waals surface area contributed by atoms with E-state index in [9.17, 15) is 13.2 Å². The van der Waals surface area contributed by atoms with Crippen molar-refractivity contribution in [3.63, 3.8) is 0 Å². The van der Waals surface area contributed by atoms with E-state index in [1.807, 2.05) is 0 Å². The number of sulfonamides is 1. The molecule has 6 nitrogen and oxygen atoms in total. The van der Waals surface area contributed by atoms with Crippen LogP contribution in [0.25, 0.3) is 0 Å². The van der Waals surface area contributed by atoms with Crippen molar-refractivity contribution in [1.29, 1.82) is 0 Å². The van der Waals surface area contributed by atoms with Crippen LogP contribution >= 0.6 is 11.3 Å². The molecule has 8 heteroatoms. The summed E-state index contributed by atoms with van der Waals surface area (Å²) < 4.78 is 25.7. The number of carbonyl (C=O) groups is 1. The summed E-state index contributed by atoms with van der Waals surface area (Å²) in [6, 6.07) is 1.25. The smallest absolute Gasteiger partial charge is 0.347 e. The third kappa shape index (κ3) is 3.77. The van der Waals surface area contributed by atoms with Gasteiger partial charge < -0.3 is 10.2 Å². The first kappa shape index (κ1) is 14.1. The van der Waals surface area contributed by atoms with Crippen LogP contribution in [-0.4, -0.2) is 37.2 Å². The zero-order valence-electron chi connectivity index (χ0n) is 9.08. The largest absolute Gasteiger partial charge is 0.477 e. The molecule has 3 N–H and O–H groups in total. The lowest BCUT2D eigenvalue weighted by atomic mass is 10.3. The number of aliphatic hydroxyl groups is 1. The summed E-state index contributed by atoms with van der Waals surface area (Å²) in [4.78, 5) is 10.3. The van der Waals surface area contributed by atoms with Crippen molar-refractivity contribution in [3.8, 4) is 0 Å². The van der Waals surface area contributed by atoms with Crippen LogP contribution in [0.1, 0.15) is 23.0 Å². The number of nitrogens with one attached hydrogen (secondary N) is 1. The highest BCUT2D eigenvalue weighted by atomic mass is 32.2. The van der Waals surface area contributed by atoms with Gasteiger partial charge in [0.15, 0.2) is 0 Å². The maximum atomic E-state index is 11.8. The molecule has 0 aromatic carbocycles. The van der Waals surface area contributed by atoms with Crippen molar-refractivity contribution in [1.82, 2.24) is 4.72 Å². The summed E-state index contributed by atoms with van der Waals surface area (Å²) in [6.07, 6.45) is -0.342. The molecule has 1 aromatic rings. The average Bonchev–Trinajstić information content (AvgIpc) is 2.65. The van der Waals surface area contributed by atoms with Crippen molar-refractivity contribution < 1.29 is 23.4 Å². The third-order valence-corrected chi connectivity index (χ3v) is 4.50. The summed E-state index contributed by atoms with van der Waals surface area (Å²) in [6.45, 7) is 1.61. The van der Waals surface area contributed by atoms with E-state index < -0.39 is 22.1 Å². The van der Waals surface area contributed by atoms with Gasteiger partial charge in [-0.2, -0.15) is 0 Å². The molecule has 1 unspecified atom stereocenters. The van der Waals surface area contributed by atoms with Gasteiger partial charge in [-0.1, -0.05) is 0 Å². The van der Waals surface area contributed by atoms with Crippen LogP contribution in [0, 0.1) is 0 Å². The molecule has 0 fully saturated rings. The lowest BCUT2D eigenvalue weighted by Gasteiger charge is -2.07. The molecule has 1 aromatic heterocycles. The SMILES string of the molecule is CC(O)CCNS(=O)(=O)c1ccsc1C(=O)O. The van der Waals surface area contributed by atoms with Crippen LogP contribution in [0.15, 0.2) is 16.3 Å². The van der Waals surface area contributed by atoms with E-state index in [-0.39, 0.29) is 22.7 Å². The van der Waals surface area contributed by atoms with Gasteiger partial charge in [-0.3, -0.25) is 0 Å². The van der Waals surface area contributed by atoms with E-state index in [2.05, 4.69) is 4.72 Å². The van der Waals surface area contributed by atoms with E-state index in [0.717, 1.165) is 11.3 Å². The molecule has 0 bridgehead atoms. The minimum Gasteiger partial charge on any atom is -0.477 e. The van der Waals surface area contributed by atoms with Crippen LogP contribution in [0.4, 0.5) is 0 Å². The predicted molar refractivity (Wildman–Crippen MR) is 62.8 cm³/mol. The number of carboxylic acid groups (broad SMARTS) is 1. The maximum Gasteiger partial charge on any atom is 0.347 e. The number of hydrogen-bond donors (Lipinski definition) is 3. The fourth-order valence-corrected chi connectivity index (χ4v) is 3.45. The van der Waals surface area contributed by atoms with Gasteiger partial charge in [0, 0.05) is 6.54 Å². The van der Waals surface area contributed by atoms with Crippen molar-refractivity contribution in [2.24, 2.45) is 0 Å². The van der Waals surface area contributed by atoms with Crippen LogP contribution in [0.3, 0.4) is 0 Å². The average molecular weight is 279 g/mol. The molecular formula is C9H13NO5S2. The van der Waals surface area contributed by atoms with Gasteiger partial charge in [-0.25, -0.2) is 17.9 Å². The predicted octanol–water partition coefficient (Wildman–Crippen LogP) is 0.496. The molecule has 0 aliphatic carbocycles. The molecule has 0 saturated carbocycles. The van der Waals surface area contributed by atoms with E-state index in [1.54, 1.807) is 6.92 Å². The van der Waals surface area contributed by atoms with Crippen molar-refractivity contribution >= 4 is 27.3 Å². The van der Waals surface area contributed by atoms with E-state index in [4.69, 9.17) is 10.2 Å². The second-order valence-corrected chi connectivity index (χ2v) is 6.11. The van der Waals surface area contributed by atoms with Crippen LogP contribution < -0.4 is 4.72 Å². The Morgan fingerprint density at radius 3 is 2.76 bits per heavy atom. The van der Waals surface area contributed by atoms with Crippen LogP contribution in [0.5, 0.6) is 0 Å². The number of hydrogen-bond acceptors (Lipinski definition) is 5. The molecule has 0 aliphatic rings. The zero-order chi connectivity index (χ0) is 13.1. The quantitative estimate of drug-likeness (QED) is 0.703. The van der Waals surface area contributed by atoms with Gasteiger partial charge >= 0.3 is 5.97 Å². The normalized spacial score (nSPS) is 13.5. The first-order chi connectivity index (χ1) is 7.84. The minimum atomic E-state index is -3.82. The van der Waals surface area contributed by atoms with Gasteiger partial charge in [0.2, 0.25) is 10.0 Å². The molecule has 0 saturated heterocycles. The first-order valence-electron chi connectivity index (χ1n) is 4.83. The maximum absolute atomic E-state index is 11.8. The summed E-state index contributed by atoms with van der Waals surface area (Å²) in [5.74, 6) is -1.27. The summed E-state index contributed by atoms with van der Waals surface area (Å²) in [5.41, 5.74) is 0. The Labute approximate surface area is 103 Å². The highest BCUT2D eigenvalue weighted by Gasteiger charge is 2.23. The molecule has 1 rings (SSSR count). The fourth-order valence-electron chi connectivity index (χ4n) is 1.14. The summed E-state index contributed by atoms with van der Waals surface area (Å²) >= 11 is 0.856. The number of rotatable bonds is 6. The summed E-state index contributed by atoms with van der Waals surface area (Å²) in [5, 5.41) is 19.2. The van der Waals surface area contributed by atoms with Crippen molar-refractivity contribution in [2.45, 2.75) is 24.3 Å². The van der Waals surface area contributed by atoms with E-state index in [1.165, 1.54) is 11.4 Å². The zero-order valence-corrected chi connectivity index (χ0v) is 10.7. The Morgan fingerprint density at radius 1 is 1.59 bits per heavy atom. The standard InChI is InChI=1S/C9H13NO5S2/c1-6(11)2-4-10-17(14,15)7-3-5-16-8(7)9(12)13/h3,5-6,10-11H,2,4H2,1H3,(H,12,13). The van der Waals surface area contributed by atoms with Crippen molar-refractivity contribution in [3.05, 3.63) is 16.3 Å². The highest BCUT2D eigenvalue weighted by molar-refractivity contribution is 7.89. The monoisotopic (exact) mass is 279 g/mol. The second kappa shape index (κ2) is 5.58. The lowest BCUT2D eigenvalue weighted by Crippen LogP contribution is -2.27. The molecule has 17 heavy (non-hydrogen) atoms. The fraction of sp³-hybridized carbons (Fsp3) is 0.444. The number of aromatic carboxylic acids is 1. The number of carboxylic acids is 1. The van der Waals surface area contributed by atoms with Gasteiger partial charge in [-0.05, 0) is 24.8 Å². The van der Waals surface area contributed by atoms with Crippen LogP contribution in [-0.2, 0) is 10.0 Å². The Kier molecular flexibility index (Phi) is 4.63. The number of aliphatic hydroxyl groups excluding tert-OH is 1. The number of thiophene rings is 1. The Bertz CT molecular complexity index is 491. The molecule has 1 heterocycles. The third-order valence-electron chi connectivity index (χ3n) is 1.97. The van der Waals surface area contributed by atoms with E-state index >= 15 is 0 Å². The Morgan fingerprint density at radius 2 is 2.24 bits per heavy atom. The molecule has 0 amide bonds. The second-order valence-electron chi connectivity index (χ2n) is 3.45. The molecular weight excluding hydrogens is 266 g/mol. The first-order valence-corrected chi connectivity index (χ1v) is 7.19. The van der Waals surface area contributed by atoms with Gasteiger partial charge in [0.05, 0.1) is 6.10 Å². The minimum absolute atomic E-state index is 0.0644. The Hall–Kier alpha value is -0.960. The Balaban J connectivity index is 2.83. The molecule has 96 valence electrons. The van der Waals surface area contributed by atoms with Gasteiger partial charge in [0.25, 0.3) is 0 Å².